The van der Waals surface area contributed by atoms with Crippen LogP contribution in [0, 0.1) is 0 Å². The monoisotopic (exact) mass is 311 g/mol. The SMILES string of the molecule is COc1cc(Cl)c(S(=O)(=O)N2CC(O)C2)cc1Cl. The molecule has 0 aromatic heterocycles. The quantitative estimate of drug-likeness (QED) is 0.915. The zero-order valence-corrected chi connectivity index (χ0v) is 11.8. The summed E-state index contributed by atoms with van der Waals surface area (Å²) in [7, 11) is -2.30. The molecule has 18 heavy (non-hydrogen) atoms. The van der Waals surface area contributed by atoms with E-state index in [1.165, 1.54) is 19.2 Å². The predicted octanol–water partition coefficient (Wildman–Crippen LogP) is 1.37. The summed E-state index contributed by atoms with van der Waals surface area (Å²) in [5, 5.41) is 9.36. The maximum atomic E-state index is 12.2. The summed E-state index contributed by atoms with van der Waals surface area (Å²) in [6.07, 6.45) is -0.618. The minimum Gasteiger partial charge on any atom is -0.495 e. The van der Waals surface area contributed by atoms with Gasteiger partial charge in [0.05, 0.1) is 23.3 Å². The first-order valence-corrected chi connectivity index (χ1v) is 7.27. The third kappa shape index (κ3) is 2.31. The summed E-state index contributed by atoms with van der Waals surface area (Å²) in [5.41, 5.74) is 0. The van der Waals surface area contributed by atoms with Gasteiger partial charge in [0.25, 0.3) is 0 Å². The van der Waals surface area contributed by atoms with Crippen molar-refractivity contribution in [3.63, 3.8) is 0 Å². The molecule has 1 heterocycles. The molecule has 1 aromatic rings. The molecular weight excluding hydrogens is 301 g/mol. The third-order valence-corrected chi connectivity index (χ3v) is 5.24. The number of hydrogen-bond donors (Lipinski definition) is 1. The van der Waals surface area contributed by atoms with Gasteiger partial charge in [-0.3, -0.25) is 0 Å². The topological polar surface area (TPSA) is 66.8 Å². The molecule has 0 radical (unpaired) electrons. The molecule has 1 aliphatic rings. The van der Waals surface area contributed by atoms with E-state index < -0.39 is 16.1 Å². The van der Waals surface area contributed by atoms with Gasteiger partial charge in [0, 0.05) is 19.2 Å². The highest BCUT2D eigenvalue weighted by molar-refractivity contribution is 7.89. The summed E-state index contributed by atoms with van der Waals surface area (Å²) in [6.45, 7) is 0.143. The fourth-order valence-corrected chi connectivity index (χ4v) is 3.96. The van der Waals surface area contributed by atoms with Crippen molar-refractivity contribution < 1.29 is 18.3 Å². The van der Waals surface area contributed by atoms with Crippen molar-refractivity contribution >= 4 is 33.2 Å². The minimum atomic E-state index is -3.71. The van der Waals surface area contributed by atoms with Gasteiger partial charge >= 0.3 is 0 Å². The largest absolute Gasteiger partial charge is 0.495 e. The van der Waals surface area contributed by atoms with Crippen LogP contribution >= 0.6 is 23.2 Å². The van der Waals surface area contributed by atoms with Gasteiger partial charge in [0.1, 0.15) is 10.6 Å². The summed E-state index contributed by atoms with van der Waals surface area (Å²) in [4.78, 5) is -0.0816. The van der Waals surface area contributed by atoms with Crippen molar-refractivity contribution in [2.45, 2.75) is 11.0 Å². The number of hydrogen-bond acceptors (Lipinski definition) is 4. The molecule has 5 nitrogen and oxygen atoms in total. The molecule has 1 N–H and O–H groups in total. The number of methoxy groups -OCH3 is 1. The molecule has 100 valence electrons. The number of benzene rings is 1. The van der Waals surface area contributed by atoms with Crippen LogP contribution in [0.1, 0.15) is 0 Å². The van der Waals surface area contributed by atoms with E-state index in [0.717, 1.165) is 4.31 Å². The Morgan fingerprint density at radius 3 is 2.44 bits per heavy atom. The first kappa shape index (κ1) is 13.9. The molecule has 0 bridgehead atoms. The first-order chi connectivity index (χ1) is 8.36. The van der Waals surface area contributed by atoms with Gasteiger partial charge < -0.3 is 9.84 Å². The predicted molar refractivity (Wildman–Crippen MR) is 67.8 cm³/mol. The third-order valence-electron chi connectivity index (χ3n) is 2.65. The smallest absolute Gasteiger partial charge is 0.244 e. The molecule has 0 unspecified atom stereocenters. The Hall–Kier alpha value is -0.530. The van der Waals surface area contributed by atoms with Crippen molar-refractivity contribution in [2.24, 2.45) is 0 Å². The Morgan fingerprint density at radius 1 is 1.33 bits per heavy atom. The molecular formula is C10H11Cl2NO4S. The number of ether oxygens (including phenoxy) is 1. The number of halogens is 2. The molecule has 1 aromatic carbocycles. The summed E-state index contributed by atoms with van der Waals surface area (Å²) in [5.74, 6) is 0.310. The Kier molecular flexibility index (Phi) is 3.75. The van der Waals surface area contributed by atoms with Gasteiger partial charge in [0.2, 0.25) is 10.0 Å². The van der Waals surface area contributed by atoms with E-state index in [0.29, 0.717) is 5.75 Å². The molecule has 0 saturated carbocycles. The number of rotatable bonds is 3. The highest BCUT2D eigenvalue weighted by atomic mass is 35.5. The first-order valence-electron chi connectivity index (χ1n) is 5.07. The summed E-state index contributed by atoms with van der Waals surface area (Å²) >= 11 is 11.8. The second-order valence-corrected chi connectivity index (χ2v) is 6.61. The van der Waals surface area contributed by atoms with Gasteiger partial charge in [-0.25, -0.2) is 8.42 Å². The highest BCUT2D eigenvalue weighted by Crippen LogP contribution is 2.35. The lowest BCUT2D eigenvalue weighted by Crippen LogP contribution is -2.53. The van der Waals surface area contributed by atoms with E-state index in [-0.39, 0.29) is 28.0 Å². The Bertz CT molecular complexity index is 569. The summed E-state index contributed by atoms with van der Waals surface area (Å²) in [6, 6.07) is 2.61. The molecule has 1 aliphatic heterocycles. The van der Waals surface area contributed by atoms with E-state index in [9.17, 15) is 8.42 Å². The van der Waals surface area contributed by atoms with E-state index in [2.05, 4.69) is 0 Å². The fourth-order valence-electron chi connectivity index (χ4n) is 1.62. The lowest BCUT2D eigenvalue weighted by Gasteiger charge is -2.34. The van der Waals surface area contributed by atoms with Gasteiger partial charge in [-0.15, -0.1) is 0 Å². The van der Waals surface area contributed by atoms with E-state index >= 15 is 0 Å². The van der Waals surface area contributed by atoms with Crippen LogP contribution in [0.15, 0.2) is 17.0 Å². The number of nitrogens with zero attached hydrogens (tertiary/aromatic N) is 1. The molecule has 2 rings (SSSR count). The molecule has 0 atom stereocenters. The fraction of sp³-hybridized carbons (Fsp3) is 0.400. The maximum Gasteiger partial charge on any atom is 0.244 e. The second-order valence-electron chi connectivity index (χ2n) is 3.89. The summed E-state index contributed by atoms with van der Waals surface area (Å²) < 4.78 is 30.4. The second kappa shape index (κ2) is 4.86. The van der Waals surface area contributed by atoms with Gasteiger partial charge in [0.15, 0.2) is 0 Å². The van der Waals surface area contributed by atoms with E-state index in [1.54, 1.807) is 0 Å². The number of β-amino-alcohol motifs (C(OH)–C–C–N with tert-alkyl or cyclic N) is 1. The molecule has 0 aliphatic carbocycles. The molecule has 0 spiro atoms. The number of aliphatic hydroxyl groups excluding tert-OH is 1. The minimum absolute atomic E-state index is 0.0395. The van der Waals surface area contributed by atoms with E-state index in [4.69, 9.17) is 33.0 Å². The van der Waals surface area contributed by atoms with Gasteiger partial charge in [-0.05, 0) is 6.07 Å². The Morgan fingerprint density at radius 2 is 1.94 bits per heavy atom. The standard InChI is InChI=1S/C10H11Cl2NO4S/c1-17-9-2-8(12)10(3-7(9)11)18(15,16)13-4-6(14)5-13/h2-3,6,14H,4-5H2,1H3. The average molecular weight is 312 g/mol. The van der Waals surface area contributed by atoms with Crippen molar-refractivity contribution in [1.82, 2.24) is 4.31 Å². The Labute approximate surface area is 115 Å². The van der Waals surface area contributed by atoms with Crippen LogP contribution in [0.3, 0.4) is 0 Å². The van der Waals surface area contributed by atoms with Crippen LogP contribution in [0.4, 0.5) is 0 Å². The molecule has 0 amide bonds. The molecule has 8 heteroatoms. The van der Waals surface area contributed by atoms with Crippen molar-refractivity contribution in [1.29, 1.82) is 0 Å². The van der Waals surface area contributed by atoms with E-state index in [1.807, 2.05) is 0 Å². The number of aliphatic hydroxyl groups is 1. The van der Waals surface area contributed by atoms with Crippen LogP contribution in [0.25, 0.3) is 0 Å². The van der Waals surface area contributed by atoms with Crippen LogP contribution in [0.5, 0.6) is 5.75 Å². The van der Waals surface area contributed by atoms with Crippen molar-refractivity contribution in [2.75, 3.05) is 20.2 Å². The average Bonchev–Trinajstić information content (AvgIpc) is 2.27. The molecule has 1 fully saturated rings. The van der Waals surface area contributed by atoms with Gasteiger partial charge in [-0.2, -0.15) is 4.31 Å². The van der Waals surface area contributed by atoms with Gasteiger partial charge in [-0.1, -0.05) is 23.2 Å². The van der Waals surface area contributed by atoms with Crippen LogP contribution in [-0.2, 0) is 10.0 Å². The van der Waals surface area contributed by atoms with Crippen LogP contribution in [-0.4, -0.2) is 44.1 Å². The zero-order chi connectivity index (χ0) is 13.5. The number of sulfonamides is 1. The lowest BCUT2D eigenvalue weighted by molar-refractivity contribution is 0.0548. The maximum absolute atomic E-state index is 12.2. The van der Waals surface area contributed by atoms with Crippen molar-refractivity contribution in [3.8, 4) is 5.75 Å². The highest BCUT2D eigenvalue weighted by Gasteiger charge is 2.37. The normalized spacial score (nSPS) is 17.6. The Balaban J connectivity index is 2.42. The lowest BCUT2D eigenvalue weighted by atomic mass is 10.2. The molecule has 1 saturated heterocycles. The van der Waals surface area contributed by atoms with Crippen molar-refractivity contribution in [3.05, 3.63) is 22.2 Å². The van der Waals surface area contributed by atoms with Crippen LogP contribution < -0.4 is 4.74 Å². The zero-order valence-electron chi connectivity index (χ0n) is 9.43. The van der Waals surface area contributed by atoms with Crippen LogP contribution in [0.2, 0.25) is 10.0 Å².